The van der Waals surface area contributed by atoms with Crippen molar-refractivity contribution in [2.24, 2.45) is 0 Å². The van der Waals surface area contributed by atoms with E-state index in [1.165, 1.54) is 0 Å². The Bertz CT molecular complexity index is 1040. The number of alkyl halides is 1. The van der Waals surface area contributed by atoms with Gasteiger partial charge in [-0.15, -0.1) is 11.6 Å². The number of hydrogen-bond acceptors (Lipinski definition) is 3. The van der Waals surface area contributed by atoms with Crippen LogP contribution in [0.5, 0.6) is 0 Å². The molecule has 138 valence electrons. The van der Waals surface area contributed by atoms with E-state index in [-0.39, 0.29) is 18.1 Å². The SMILES string of the molecule is N#CC(Cl)Cc1ccccc1C(=O)Nc1ccccc1C(=O)c1ccccc1. The molecule has 0 spiro atoms. The fourth-order valence-electron chi connectivity index (χ4n) is 2.88. The van der Waals surface area contributed by atoms with Gasteiger partial charge in [0.25, 0.3) is 5.91 Å². The Morgan fingerprint density at radius 1 is 0.893 bits per heavy atom. The van der Waals surface area contributed by atoms with E-state index >= 15 is 0 Å². The van der Waals surface area contributed by atoms with Crippen molar-refractivity contribution < 1.29 is 9.59 Å². The maximum Gasteiger partial charge on any atom is 0.255 e. The zero-order valence-corrected chi connectivity index (χ0v) is 15.7. The molecular weight excluding hydrogens is 372 g/mol. The Morgan fingerprint density at radius 3 is 2.21 bits per heavy atom. The Hall–Kier alpha value is -3.42. The van der Waals surface area contributed by atoms with Crippen LogP contribution in [0.15, 0.2) is 78.9 Å². The van der Waals surface area contributed by atoms with E-state index < -0.39 is 5.38 Å². The van der Waals surface area contributed by atoms with Gasteiger partial charge in [-0.2, -0.15) is 5.26 Å². The summed E-state index contributed by atoms with van der Waals surface area (Å²) in [4.78, 5) is 25.7. The van der Waals surface area contributed by atoms with Gasteiger partial charge in [-0.05, 0) is 23.8 Å². The number of nitrogens with zero attached hydrogens (tertiary/aromatic N) is 1. The lowest BCUT2D eigenvalue weighted by molar-refractivity contribution is 0.102. The first kappa shape index (κ1) is 19.3. The van der Waals surface area contributed by atoms with Gasteiger partial charge < -0.3 is 5.32 Å². The molecule has 0 bridgehead atoms. The van der Waals surface area contributed by atoms with Gasteiger partial charge in [0.05, 0.1) is 11.8 Å². The summed E-state index contributed by atoms with van der Waals surface area (Å²) < 4.78 is 0. The minimum absolute atomic E-state index is 0.171. The molecule has 0 aliphatic heterocycles. The molecule has 28 heavy (non-hydrogen) atoms. The Labute approximate surface area is 168 Å². The summed E-state index contributed by atoms with van der Waals surface area (Å²) in [6, 6.07) is 24.7. The number of para-hydroxylation sites is 1. The second kappa shape index (κ2) is 8.98. The molecule has 1 unspecified atom stereocenters. The Balaban J connectivity index is 1.89. The van der Waals surface area contributed by atoms with E-state index in [9.17, 15) is 9.59 Å². The van der Waals surface area contributed by atoms with Crippen LogP contribution in [0.1, 0.15) is 31.8 Å². The Morgan fingerprint density at radius 2 is 1.50 bits per heavy atom. The summed E-state index contributed by atoms with van der Waals surface area (Å²) in [6.45, 7) is 0. The molecule has 0 heterocycles. The monoisotopic (exact) mass is 388 g/mol. The maximum atomic E-state index is 12.9. The number of anilines is 1. The summed E-state index contributed by atoms with van der Waals surface area (Å²) in [6.07, 6.45) is 0.256. The molecular formula is C23H17ClN2O2. The van der Waals surface area contributed by atoms with Crippen molar-refractivity contribution >= 4 is 29.0 Å². The highest BCUT2D eigenvalue weighted by molar-refractivity contribution is 6.22. The minimum Gasteiger partial charge on any atom is -0.321 e. The quantitative estimate of drug-likeness (QED) is 0.485. The normalized spacial score (nSPS) is 11.3. The van der Waals surface area contributed by atoms with Crippen molar-refractivity contribution in [3.8, 4) is 6.07 Å². The van der Waals surface area contributed by atoms with E-state index in [0.717, 1.165) is 0 Å². The zero-order valence-electron chi connectivity index (χ0n) is 14.9. The van der Waals surface area contributed by atoms with Crippen LogP contribution in [0.2, 0.25) is 0 Å². The van der Waals surface area contributed by atoms with Crippen LogP contribution in [0.25, 0.3) is 0 Å². The molecule has 0 saturated heterocycles. The largest absolute Gasteiger partial charge is 0.321 e. The van der Waals surface area contributed by atoms with Crippen LogP contribution in [0.3, 0.4) is 0 Å². The fraction of sp³-hybridized carbons (Fsp3) is 0.0870. The number of rotatable bonds is 6. The average molecular weight is 389 g/mol. The van der Waals surface area contributed by atoms with Gasteiger partial charge >= 0.3 is 0 Å². The molecule has 3 aromatic rings. The number of carbonyl (C=O) groups excluding carboxylic acids is 2. The number of benzene rings is 3. The second-order valence-electron chi connectivity index (χ2n) is 6.15. The number of hydrogen-bond donors (Lipinski definition) is 1. The zero-order chi connectivity index (χ0) is 19.9. The predicted molar refractivity (Wildman–Crippen MR) is 110 cm³/mol. The molecule has 0 aliphatic rings. The van der Waals surface area contributed by atoms with E-state index in [1.807, 2.05) is 12.1 Å². The van der Waals surface area contributed by atoms with Crippen molar-refractivity contribution in [2.75, 3.05) is 5.32 Å². The molecule has 5 heteroatoms. The van der Waals surface area contributed by atoms with Gasteiger partial charge in [-0.1, -0.05) is 60.7 Å². The van der Waals surface area contributed by atoms with Crippen LogP contribution in [-0.2, 0) is 6.42 Å². The van der Waals surface area contributed by atoms with Crippen LogP contribution in [-0.4, -0.2) is 17.1 Å². The Kier molecular flexibility index (Phi) is 6.21. The van der Waals surface area contributed by atoms with Crippen LogP contribution < -0.4 is 5.32 Å². The predicted octanol–water partition coefficient (Wildman–Crippen LogP) is 4.84. The number of halogens is 1. The molecule has 0 fully saturated rings. The molecule has 4 nitrogen and oxygen atoms in total. The van der Waals surface area contributed by atoms with Gasteiger partial charge in [-0.25, -0.2) is 0 Å². The highest BCUT2D eigenvalue weighted by Crippen LogP contribution is 2.21. The molecule has 0 aliphatic carbocycles. The summed E-state index contributed by atoms with van der Waals surface area (Å²) in [5.41, 5.74) is 2.48. The topological polar surface area (TPSA) is 70.0 Å². The number of ketones is 1. The lowest BCUT2D eigenvalue weighted by Gasteiger charge is -2.13. The third-order valence-corrected chi connectivity index (χ3v) is 4.51. The average Bonchev–Trinajstić information content (AvgIpc) is 2.74. The first-order valence-corrected chi connectivity index (χ1v) is 9.15. The lowest BCUT2D eigenvalue weighted by Crippen LogP contribution is -2.17. The van der Waals surface area contributed by atoms with Crippen molar-refractivity contribution in [1.29, 1.82) is 5.26 Å². The third-order valence-electron chi connectivity index (χ3n) is 4.26. The standard InChI is InChI=1S/C23H17ClN2O2/c24-18(15-25)14-17-10-4-5-11-19(17)23(28)26-21-13-7-6-12-20(21)22(27)16-8-2-1-3-9-16/h1-13,18H,14H2,(H,26,28). The molecule has 3 aromatic carbocycles. The van der Waals surface area contributed by atoms with Crippen molar-refractivity contribution in [3.63, 3.8) is 0 Å². The number of carbonyl (C=O) groups is 2. The van der Waals surface area contributed by atoms with Crippen LogP contribution in [0.4, 0.5) is 5.69 Å². The van der Waals surface area contributed by atoms with Gasteiger partial charge in [0.1, 0.15) is 5.38 Å². The summed E-state index contributed by atoms with van der Waals surface area (Å²) in [7, 11) is 0. The van der Waals surface area contributed by atoms with E-state index in [1.54, 1.807) is 72.8 Å². The first-order valence-electron chi connectivity index (χ1n) is 8.72. The van der Waals surface area contributed by atoms with Gasteiger partial charge in [0.2, 0.25) is 0 Å². The molecule has 1 atom stereocenters. The number of nitrogens with one attached hydrogen (secondary N) is 1. The summed E-state index contributed by atoms with van der Waals surface area (Å²) in [5, 5.41) is 11.0. The minimum atomic E-state index is -0.721. The molecule has 1 amide bonds. The van der Waals surface area contributed by atoms with Crippen molar-refractivity contribution in [1.82, 2.24) is 0 Å². The fourth-order valence-corrected chi connectivity index (χ4v) is 3.05. The van der Waals surface area contributed by atoms with Gasteiger partial charge in [0.15, 0.2) is 5.78 Å². The molecule has 0 aromatic heterocycles. The summed E-state index contributed by atoms with van der Waals surface area (Å²) >= 11 is 5.93. The van der Waals surface area contributed by atoms with Crippen molar-refractivity contribution in [3.05, 3.63) is 101 Å². The van der Waals surface area contributed by atoms with E-state index in [0.29, 0.717) is 27.9 Å². The summed E-state index contributed by atoms with van der Waals surface area (Å²) in [5.74, 6) is -0.527. The van der Waals surface area contributed by atoms with Crippen LogP contribution >= 0.6 is 11.6 Å². The van der Waals surface area contributed by atoms with Crippen molar-refractivity contribution in [2.45, 2.75) is 11.8 Å². The smallest absolute Gasteiger partial charge is 0.255 e. The molecule has 0 radical (unpaired) electrons. The van der Waals surface area contributed by atoms with Gasteiger partial charge in [-0.3, -0.25) is 9.59 Å². The third kappa shape index (κ3) is 4.46. The maximum absolute atomic E-state index is 12.9. The van der Waals surface area contributed by atoms with E-state index in [2.05, 4.69) is 5.32 Å². The number of amides is 1. The molecule has 0 saturated carbocycles. The first-order chi connectivity index (χ1) is 13.6. The van der Waals surface area contributed by atoms with E-state index in [4.69, 9.17) is 16.9 Å². The van der Waals surface area contributed by atoms with Crippen LogP contribution in [0, 0.1) is 11.3 Å². The lowest BCUT2D eigenvalue weighted by atomic mass is 10.00. The second-order valence-corrected chi connectivity index (χ2v) is 6.68. The number of nitriles is 1. The highest BCUT2D eigenvalue weighted by Gasteiger charge is 2.18. The molecule has 3 rings (SSSR count). The van der Waals surface area contributed by atoms with Gasteiger partial charge in [0, 0.05) is 23.1 Å². The molecule has 1 N–H and O–H groups in total. The highest BCUT2D eigenvalue weighted by atomic mass is 35.5.